The second-order valence-electron chi connectivity index (χ2n) is 8.77. The second-order valence-corrected chi connectivity index (χ2v) is 9.59. The smallest absolute Gasteiger partial charge is 0.475 e. The van der Waals surface area contributed by atoms with Gasteiger partial charge >= 0.3 is 12.1 Å². The van der Waals surface area contributed by atoms with Crippen LogP contribution in [0.5, 0.6) is 0 Å². The molecule has 3 rings (SSSR count). The van der Waals surface area contributed by atoms with E-state index in [4.69, 9.17) is 33.1 Å². The number of hydrogen-bond acceptors (Lipinski definition) is 6. The summed E-state index contributed by atoms with van der Waals surface area (Å²) in [6, 6.07) is 4.52. The number of likely N-dealkylation sites (tertiary alicyclic amines) is 1. The number of aliphatic carboxylic acids is 1. The third-order valence-corrected chi connectivity index (χ3v) is 5.98. The number of carbonyl (C=O) groups is 4. The Labute approximate surface area is 237 Å². The molecule has 40 heavy (non-hydrogen) atoms. The molecule has 2 heterocycles. The van der Waals surface area contributed by atoms with Crippen LogP contribution in [0.4, 0.5) is 18.9 Å². The van der Waals surface area contributed by atoms with Crippen LogP contribution >= 0.6 is 23.2 Å². The SMILES string of the molecule is CN(C)C/C=C/C(=O)N1CCC[C@H](NC(=O)c2[nH]ncc2NC(=O)c2c(Cl)cccc2Cl)C1.O=C(O)C(F)(F)F. The molecule has 2 aromatic rings. The fourth-order valence-electron chi connectivity index (χ4n) is 3.48. The number of hydrogen-bond donors (Lipinski definition) is 4. The Hall–Kier alpha value is -3.62. The number of aromatic nitrogens is 2. The number of rotatable bonds is 7. The Morgan fingerprint density at radius 3 is 2.40 bits per heavy atom. The van der Waals surface area contributed by atoms with Crippen LogP contribution in [0.3, 0.4) is 0 Å². The number of carboxylic acid groups (broad SMARTS) is 1. The van der Waals surface area contributed by atoms with E-state index in [1.54, 1.807) is 29.2 Å². The Kier molecular flexibility index (Phi) is 12.0. The Morgan fingerprint density at radius 1 is 1.20 bits per heavy atom. The number of aromatic amines is 1. The number of carboxylic acids is 1. The van der Waals surface area contributed by atoms with Gasteiger partial charge in [-0.2, -0.15) is 18.3 Å². The summed E-state index contributed by atoms with van der Waals surface area (Å²) in [5.41, 5.74) is 0.404. The fraction of sp³-hybridized carbons (Fsp3) is 0.375. The third kappa shape index (κ3) is 9.84. The lowest BCUT2D eigenvalue weighted by atomic mass is 10.1. The lowest BCUT2D eigenvalue weighted by Gasteiger charge is -2.32. The normalized spacial score (nSPS) is 15.4. The van der Waals surface area contributed by atoms with Gasteiger partial charge < -0.3 is 25.5 Å². The lowest BCUT2D eigenvalue weighted by Crippen LogP contribution is -2.49. The zero-order chi connectivity index (χ0) is 30.0. The number of nitrogens with one attached hydrogen (secondary N) is 3. The molecule has 4 N–H and O–H groups in total. The minimum absolute atomic E-state index is 0.0816. The summed E-state index contributed by atoms with van der Waals surface area (Å²) in [5.74, 6) is -3.83. The minimum atomic E-state index is -5.08. The molecule has 0 spiro atoms. The fourth-order valence-corrected chi connectivity index (χ4v) is 4.05. The van der Waals surface area contributed by atoms with Gasteiger partial charge in [0, 0.05) is 31.8 Å². The molecule has 218 valence electrons. The molecule has 11 nitrogen and oxygen atoms in total. The summed E-state index contributed by atoms with van der Waals surface area (Å²) in [4.78, 5) is 50.5. The number of likely N-dealkylation sites (N-methyl/N-ethyl adjacent to an activating group) is 1. The number of benzene rings is 1. The lowest BCUT2D eigenvalue weighted by molar-refractivity contribution is -0.192. The van der Waals surface area contributed by atoms with Crippen LogP contribution in [0, 0.1) is 0 Å². The van der Waals surface area contributed by atoms with Crippen molar-refractivity contribution in [2.75, 3.05) is 39.0 Å². The molecule has 0 aliphatic carbocycles. The molecule has 1 aromatic heterocycles. The standard InChI is InChI=1S/C22H26Cl2N6O3.C2HF3O2/c1-29(2)10-5-9-18(31)30-11-4-6-14(13-30)26-22(33)20-17(12-25-28-20)27-21(32)19-15(23)7-3-8-16(19)24;3-2(4,5)1(6)7/h3,5,7-9,12,14H,4,6,10-11,13H2,1-2H3,(H,25,28)(H,26,33)(H,27,32);(H,6,7)/b9-5+;/t14-;/m0./s1. The highest BCUT2D eigenvalue weighted by Crippen LogP contribution is 2.26. The first kappa shape index (κ1) is 32.6. The van der Waals surface area contributed by atoms with E-state index in [0.717, 1.165) is 12.8 Å². The maximum Gasteiger partial charge on any atom is 0.490 e. The van der Waals surface area contributed by atoms with Crippen LogP contribution in [-0.2, 0) is 9.59 Å². The van der Waals surface area contributed by atoms with Crippen LogP contribution in [0.2, 0.25) is 10.0 Å². The van der Waals surface area contributed by atoms with Gasteiger partial charge in [0.25, 0.3) is 11.8 Å². The first-order valence-electron chi connectivity index (χ1n) is 11.7. The van der Waals surface area contributed by atoms with E-state index < -0.39 is 24.0 Å². The summed E-state index contributed by atoms with van der Waals surface area (Å²) in [7, 11) is 3.85. The maximum absolute atomic E-state index is 12.9. The van der Waals surface area contributed by atoms with Crippen LogP contribution in [0.1, 0.15) is 33.7 Å². The minimum Gasteiger partial charge on any atom is -0.475 e. The second kappa shape index (κ2) is 14.7. The molecule has 1 aliphatic rings. The van der Waals surface area contributed by atoms with E-state index in [1.807, 2.05) is 25.1 Å². The van der Waals surface area contributed by atoms with Crippen molar-refractivity contribution in [1.82, 2.24) is 25.3 Å². The molecule has 1 saturated heterocycles. The van der Waals surface area contributed by atoms with E-state index >= 15 is 0 Å². The largest absolute Gasteiger partial charge is 0.490 e. The van der Waals surface area contributed by atoms with Gasteiger partial charge in [0.05, 0.1) is 27.5 Å². The average Bonchev–Trinajstić information content (AvgIpc) is 3.32. The highest BCUT2D eigenvalue weighted by atomic mass is 35.5. The average molecular weight is 607 g/mol. The van der Waals surface area contributed by atoms with Gasteiger partial charge in [0.1, 0.15) is 5.69 Å². The Balaban J connectivity index is 0.000000708. The van der Waals surface area contributed by atoms with Gasteiger partial charge in [-0.1, -0.05) is 35.3 Å². The predicted octanol–water partition coefficient (Wildman–Crippen LogP) is 3.44. The van der Waals surface area contributed by atoms with Crippen molar-refractivity contribution in [2.24, 2.45) is 0 Å². The monoisotopic (exact) mass is 606 g/mol. The van der Waals surface area contributed by atoms with Crippen molar-refractivity contribution < 1.29 is 37.5 Å². The molecule has 1 aromatic carbocycles. The zero-order valence-corrected chi connectivity index (χ0v) is 22.9. The number of anilines is 1. The highest BCUT2D eigenvalue weighted by Gasteiger charge is 2.38. The number of amides is 3. The van der Waals surface area contributed by atoms with Crippen molar-refractivity contribution in [1.29, 1.82) is 0 Å². The number of H-pyrrole nitrogens is 1. The number of carbonyl (C=O) groups excluding carboxylic acids is 3. The Bertz CT molecular complexity index is 1230. The highest BCUT2D eigenvalue weighted by molar-refractivity contribution is 6.40. The molecule has 3 amide bonds. The molecule has 1 atom stereocenters. The zero-order valence-electron chi connectivity index (χ0n) is 21.4. The molecular formula is C24H27Cl2F3N6O5. The van der Waals surface area contributed by atoms with Gasteiger partial charge in [-0.25, -0.2) is 4.79 Å². The first-order valence-corrected chi connectivity index (χ1v) is 12.5. The number of halogens is 5. The van der Waals surface area contributed by atoms with Crippen molar-refractivity contribution >= 4 is 52.6 Å². The molecule has 1 fully saturated rings. The summed E-state index contributed by atoms with van der Waals surface area (Å²) >= 11 is 12.2. The van der Waals surface area contributed by atoms with Crippen molar-refractivity contribution in [3.8, 4) is 0 Å². The van der Waals surface area contributed by atoms with E-state index in [0.29, 0.717) is 19.6 Å². The molecule has 1 aliphatic heterocycles. The summed E-state index contributed by atoms with van der Waals surface area (Å²) in [5, 5.41) is 19.5. The van der Waals surface area contributed by atoms with Crippen LogP contribution in [0.15, 0.2) is 36.5 Å². The third-order valence-electron chi connectivity index (χ3n) is 5.35. The maximum atomic E-state index is 12.9. The van der Waals surface area contributed by atoms with Gasteiger partial charge in [-0.05, 0) is 39.1 Å². The van der Waals surface area contributed by atoms with Crippen molar-refractivity contribution in [3.63, 3.8) is 0 Å². The molecule has 0 saturated carbocycles. The van der Waals surface area contributed by atoms with Gasteiger partial charge in [-0.15, -0.1) is 0 Å². The van der Waals surface area contributed by atoms with E-state index in [-0.39, 0.29) is 38.9 Å². The Morgan fingerprint density at radius 2 is 1.82 bits per heavy atom. The quantitative estimate of drug-likeness (QED) is 0.353. The predicted molar refractivity (Wildman–Crippen MR) is 141 cm³/mol. The summed E-state index contributed by atoms with van der Waals surface area (Å²) < 4.78 is 31.7. The number of nitrogens with zero attached hydrogens (tertiary/aromatic N) is 3. The van der Waals surface area contributed by atoms with Crippen LogP contribution < -0.4 is 10.6 Å². The summed E-state index contributed by atoms with van der Waals surface area (Å²) in [6.07, 6.45) is 1.14. The molecule has 0 radical (unpaired) electrons. The van der Waals surface area contributed by atoms with Gasteiger partial charge in [0.2, 0.25) is 5.91 Å². The first-order chi connectivity index (χ1) is 18.7. The molecular weight excluding hydrogens is 580 g/mol. The number of piperidine rings is 1. The van der Waals surface area contributed by atoms with E-state index in [2.05, 4.69) is 20.8 Å². The topological polar surface area (TPSA) is 148 Å². The van der Waals surface area contributed by atoms with Crippen LogP contribution in [0.25, 0.3) is 0 Å². The summed E-state index contributed by atoms with van der Waals surface area (Å²) in [6.45, 7) is 1.72. The van der Waals surface area contributed by atoms with E-state index in [9.17, 15) is 27.6 Å². The van der Waals surface area contributed by atoms with Gasteiger partial charge in [0.15, 0.2) is 0 Å². The van der Waals surface area contributed by atoms with Gasteiger partial charge in [-0.3, -0.25) is 19.5 Å². The molecule has 16 heteroatoms. The molecule has 0 unspecified atom stereocenters. The van der Waals surface area contributed by atoms with Crippen molar-refractivity contribution in [2.45, 2.75) is 25.1 Å². The van der Waals surface area contributed by atoms with E-state index in [1.165, 1.54) is 6.20 Å². The molecule has 0 bridgehead atoms. The van der Waals surface area contributed by atoms with Crippen LogP contribution in [-0.4, -0.2) is 94.7 Å². The van der Waals surface area contributed by atoms with Crippen molar-refractivity contribution in [3.05, 3.63) is 57.9 Å². The number of alkyl halides is 3.